The zero-order valence-electron chi connectivity index (χ0n) is 10.2. The molecule has 0 fully saturated rings. The van der Waals surface area contributed by atoms with Crippen molar-refractivity contribution in [3.05, 3.63) is 54.0 Å². The number of fused-ring (bicyclic) bond motifs is 1. The topological polar surface area (TPSA) is 82.8 Å². The summed E-state index contributed by atoms with van der Waals surface area (Å²) in [5, 5.41) is 18.6. The van der Waals surface area contributed by atoms with Crippen molar-refractivity contribution in [2.24, 2.45) is 0 Å². The summed E-state index contributed by atoms with van der Waals surface area (Å²) in [7, 11) is 0. The van der Waals surface area contributed by atoms with Crippen LogP contribution in [-0.4, -0.2) is 4.98 Å². The number of furan rings is 1. The highest BCUT2D eigenvalue weighted by molar-refractivity contribution is 5.86. The first-order valence-corrected chi connectivity index (χ1v) is 5.77. The molecule has 0 radical (unpaired) electrons. The van der Waals surface area contributed by atoms with Crippen molar-refractivity contribution in [3.63, 3.8) is 0 Å². The second-order valence-electron chi connectivity index (χ2n) is 3.96. The quantitative estimate of drug-likeness (QED) is 0.706. The van der Waals surface area contributed by atoms with E-state index in [-0.39, 0.29) is 11.5 Å². The van der Waals surface area contributed by atoms with E-state index < -0.39 is 0 Å². The Morgan fingerprint density at radius 3 is 2.75 bits per heavy atom. The zero-order chi connectivity index (χ0) is 13.9. The molecule has 2 aromatic heterocycles. The van der Waals surface area contributed by atoms with Crippen molar-refractivity contribution in [1.82, 2.24) is 4.98 Å². The van der Waals surface area contributed by atoms with Gasteiger partial charge in [-0.3, -0.25) is 0 Å². The maximum atomic E-state index is 9.11. The van der Waals surface area contributed by atoms with Crippen molar-refractivity contribution in [3.8, 4) is 23.6 Å². The van der Waals surface area contributed by atoms with Gasteiger partial charge in [-0.25, -0.2) is 4.98 Å². The fourth-order valence-corrected chi connectivity index (χ4v) is 1.85. The Balaban J connectivity index is 2.10. The van der Waals surface area contributed by atoms with Crippen LogP contribution in [0.5, 0.6) is 11.5 Å². The van der Waals surface area contributed by atoms with Gasteiger partial charge < -0.3 is 9.15 Å². The second-order valence-corrected chi connectivity index (χ2v) is 3.96. The fourth-order valence-electron chi connectivity index (χ4n) is 1.85. The number of nitrogens with zero attached hydrogens (tertiary/aromatic N) is 3. The first kappa shape index (κ1) is 11.8. The maximum Gasteiger partial charge on any atom is 0.247 e. The van der Waals surface area contributed by atoms with E-state index in [1.165, 1.54) is 12.3 Å². The summed E-state index contributed by atoms with van der Waals surface area (Å²) in [5.74, 6) is 0.874. The molecule has 0 aliphatic rings. The molecule has 0 aliphatic carbocycles. The van der Waals surface area contributed by atoms with Crippen LogP contribution in [0.15, 0.2) is 47.0 Å². The highest BCUT2D eigenvalue weighted by Crippen LogP contribution is 2.35. The Kier molecular flexibility index (Phi) is 2.80. The van der Waals surface area contributed by atoms with E-state index in [4.69, 9.17) is 19.7 Å². The first-order valence-electron chi connectivity index (χ1n) is 5.77. The first-order chi connectivity index (χ1) is 9.81. The molecule has 20 heavy (non-hydrogen) atoms. The number of aromatic nitrogens is 1. The molecule has 3 aromatic rings. The predicted molar refractivity (Wildman–Crippen MR) is 70.0 cm³/mol. The average Bonchev–Trinajstić information content (AvgIpc) is 2.85. The predicted octanol–water partition coefficient (Wildman–Crippen LogP) is 3.36. The minimum atomic E-state index is 0.0986. The van der Waals surface area contributed by atoms with Gasteiger partial charge in [0.15, 0.2) is 5.75 Å². The molecule has 3 rings (SSSR count). The minimum absolute atomic E-state index is 0.0986. The highest BCUT2D eigenvalue weighted by Gasteiger charge is 2.16. The van der Waals surface area contributed by atoms with Crippen LogP contribution in [0.1, 0.15) is 11.5 Å². The molecule has 5 heteroatoms. The van der Waals surface area contributed by atoms with Gasteiger partial charge in [-0.15, -0.1) is 0 Å². The second kappa shape index (κ2) is 4.75. The largest absolute Gasteiger partial charge is 0.452 e. The van der Waals surface area contributed by atoms with E-state index in [1.807, 2.05) is 24.3 Å². The summed E-state index contributed by atoms with van der Waals surface area (Å²) in [6, 6.07) is 14.2. The SMILES string of the molecule is N#Cc1cc(Oc2c(C#N)oc3ccccc23)ccn1. The van der Waals surface area contributed by atoms with Gasteiger partial charge >= 0.3 is 0 Å². The smallest absolute Gasteiger partial charge is 0.247 e. The summed E-state index contributed by atoms with van der Waals surface area (Å²) in [5.41, 5.74) is 0.822. The number of para-hydroxylation sites is 1. The molecule has 0 bridgehead atoms. The highest BCUT2D eigenvalue weighted by atomic mass is 16.5. The molecular weight excluding hydrogens is 254 g/mol. The molecule has 0 saturated carbocycles. The van der Waals surface area contributed by atoms with Crippen molar-refractivity contribution in [2.75, 3.05) is 0 Å². The van der Waals surface area contributed by atoms with Gasteiger partial charge in [0, 0.05) is 12.3 Å². The Bertz CT molecular complexity index is 869. The lowest BCUT2D eigenvalue weighted by molar-refractivity contribution is 0.466. The third kappa shape index (κ3) is 1.94. The minimum Gasteiger partial charge on any atom is -0.452 e. The summed E-state index contributed by atoms with van der Waals surface area (Å²) in [4.78, 5) is 3.86. The van der Waals surface area contributed by atoms with E-state index in [1.54, 1.807) is 18.2 Å². The van der Waals surface area contributed by atoms with E-state index in [2.05, 4.69) is 4.98 Å². The van der Waals surface area contributed by atoms with Crippen molar-refractivity contribution >= 4 is 11.0 Å². The molecule has 94 valence electrons. The molecular formula is C15H7N3O2. The summed E-state index contributed by atoms with van der Waals surface area (Å²) >= 11 is 0. The number of hydrogen-bond acceptors (Lipinski definition) is 5. The van der Waals surface area contributed by atoms with Gasteiger partial charge in [-0.1, -0.05) is 12.1 Å². The third-order valence-electron chi connectivity index (χ3n) is 2.72. The number of nitriles is 2. The number of benzene rings is 1. The standard InChI is InChI=1S/C15H7N3O2/c16-8-10-7-11(5-6-18-10)19-15-12-3-1-2-4-13(12)20-14(15)9-17/h1-7H. The van der Waals surface area contributed by atoms with Crippen molar-refractivity contribution < 1.29 is 9.15 Å². The number of pyridine rings is 1. The van der Waals surface area contributed by atoms with Crippen molar-refractivity contribution in [1.29, 1.82) is 10.5 Å². The molecule has 0 amide bonds. The molecule has 0 saturated heterocycles. The Labute approximate surface area is 114 Å². The summed E-state index contributed by atoms with van der Waals surface area (Å²) < 4.78 is 11.1. The lowest BCUT2D eigenvalue weighted by Gasteiger charge is -2.03. The van der Waals surface area contributed by atoms with E-state index in [0.717, 1.165) is 0 Å². The van der Waals surface area contributed by atoms with Gasteiger partial charge in [0.25, 0.3) is 0 Å². The number of hydrogen-bond donors (Lipinski definition) is 0. The zero-order valence-corrected chi connectivity index (χ0v) is 10.2. The van der Waals surface area contributed by atoms with E-state index in [0.29, 0.717) is 22.5 Å². The molecule has 0 spiro atoms. The van der Waals surface area contributed by atoms with Crippen LogP contribution in [0, 0.1) is 22.7 Å². The molecule has 0 atom stereocenters. The van der Waals surface area contributed by atoms with Crippen LogP contribution < -0.4 is 4.74 Å². The van der Waals surface area contributed by atoms with Gasteiger partial charge in [0.1, 0.15) is 29.2 Å². The van der Waals surface area contributed by atoms with Crippen LogP contribution >= 0.6 is 0 Å². The average molecular weight is 261 g/mol. The summed E-state index contributed by atoms with van der Waals surface area (Å²) in [6.45, 7) is 0. The van der Waals surface area contributed by atoms with Crippen LogP contribution in [0.4, 0.5) is 0 Å². The van der Waals surface area contributed by atoms with E-state index in [9.17, 15) is 0 Å². The normalized spacial score (nSPS) is 9.90. The lowest BCUT2D eigenvalue weighted by Crippen LogP contribution is -1.88. The monoisotopic (exact) mass is 261 g/mol. The third-order valence-corrected chi connectivity index (χ3v) is 2.72. The van der Waals surface area contributed by atoms with Crippen LogP contribution in [0.2, 0.25) is 0 Å². The van der Waals surface area contributed by atoms with Crippen molar-refractivity contribution in [2.45, 2.75) is 0 Å². The fraction of sp³-hybridized carbons (Fsp3) is 0. The van der Waals surface area contributed by atoms with E-state index >= 15 is 0 Å². The number of rotatable bonds is 2. The van der Waals surface area contributed by atoms with Gasteiger partial charge in [0.2, 0.25) is 5.76 Å². The number of ether oxygens (including phenoxy) is 1. The Morgan fingerprint density at radius 2 is 1.95 bits per heavy atom. The molecule has 0 aliphatic heterocycles. The van der Waals surface area contributed by atoms with Gasteiger partial charge in [-0.05, 0) is 18.2 Å². The van der Waals surface area contributed by atoms with Gasteiger partial charge in [0.05, 0.1) is 5.39 Å². The van der Waals surface area contributed by atoms with Crippen LogP contribution in [0.3, 0.4) is 0 Å². The summed E-state index contributed by atoms with van der Waals surface area (Å²) in [6.07, 6.45) is 1.47. The molecule has 0 unspecified atom stereocenters. The molecule has 0 N–H and O–H groups in total. The Morgan fingerprint density at radius 1 is 1.10 bits per heavy atom. The molecule has 1 aromatic carbocycles. The van der Waals surface area contributed by atoms with Gasteiger partial charge in [-0.2, -0.15) is 10.5 Å². The Hall–Kier alpha value is -3.31. The lowest BCUT2D eigenvalue weighted by atomic mass is 10.2. The van der Waals surface area contributed by atoms with Crippen LogP contribution in [-0.2, 0) is 0 Å². The molecule has 5 nitrogen and oxygen atoms in total. The molecule has 2 heterocycles. The maximum absolute atomic E-state index is 9.11. The van der Waals surface area contributed by atoms with Crippen LogP contribution in [0.25, 0.3) is 11.0 Å².